The molecule has 3 unspecified atom stereocenters. The molecule has 1 saturated carbocycles. The average Bonchev–Trinajstić information content (AvgIpc) is 2.91. The van der Waals surface area contributed by atoms with Crippen LogP contribution in [-0.4, -0.2) is 55.2 Å². The molecule has 0 amide bonds. The Hall–Kier alpha value is -0.160. The van der Waals surface area contributed by atoms with Crippen molar-refractivity contribution < 1.29 is 14.6 Å². The fourth-order valence-electron chi connectivity index (χ4n) is 3.50. The molecular weight excluding hydrogens is 218 g/mol. The van der Waals surface area contributed by atoms with Crippen molar-refractivity contribution in [1.82, 2.24) is 4.90 Å². The minimum Gasteiger partial charge on any atom is -0.393 e. The maximum absolute atomic E-state index is 9.86. The molecule has 3 atom stereocenters. The number of hydrogen-bond donors (Lipinski definition) is 1. The van der Waals surface area contributed by atoms with Gasteiger partial charge in [0.05, 0.1) is 19.3 Å². The van der Waals surface area contributed by atoms with Gasteiger partial charge in [-0.3, -0.25) is 0 Å². The second kappa shape index (κ2) is 5.22. The van der Waals surface area contributed by atoms with Gasteiger partial charge in [0.15, 0.2) is 6.29 Å². The Bertz CT molecular complexity index is 255. The van der Waals surface area contributed by atoms with Gasteiger partial charge in [-0.1, -0.05) is 0 Å². The van der Waals surface area contributed by atoms with E-state index in [1.54, 1.807) is 0 Å². The topological polar surface area (TPSA) is 41.9 Å². The first-order chi connectivity index (χ1) is 8.33. The fourth-order valence-corrected chi connectivity index (χ4v) is 3.50. The van der Waals surface area contributed by atoms with Crippen molar-refractivity contribution in [1.29, 1.82) is 0 Å². The van der Waals surface area contributed by atoms with Gasteiger partial charge >= 0.3 is 0 Å². The van der Waals surface area contributed by atoms with Crippen molar-refractivity contribution in [3.8, 4) is 0 Å². The first kappa shape index (κ1) is 11.9. The van der Waals surface area contributed by atoms with Gasteiger partial charge in [-0.05, 0) is 25.2 Å². The van der Waals surface area contributed by atoms with Crippen molar-refractivity contribution in [2.75, 3.05) is 32.8 Å². The molecule has 4 nitrogen and oxygen atoms in total. The van der Waals surface area contributed by atoms with Crippen LogP contribution in [0.1, 0.15) is 25.7 Å². The van der Waals surface area contributed by atoms with Crippen LogP contribution < -0.4 is 0 Å². The van der Waals surface area contributed by atoms with E-state index in [-0.39, 0.29) is 12.4 Å². The number of hydrogen-bond acceptors (Lipinski definition) is 4. The largest absolute Gasteiger partial charge is 0.393 e. The molecule has 17 heavy (non-hydrogen) atoms. The van der Waals surface area contributed by atoms with Crippen LogP contribution in [-0.2, 0) is 9.47 Å². The second-order valence-electron chi connectivity index (χ2n) is 5.64. The number of aliphatic hydroxyl groups excluding tert-OH is 1. The standard InChI is InChI=1S/C13H23NO3/c15-12-3-2-10-8-14(9-11(10)12)5-4-13-16-6-1-7-17-13/h10-13,15H,1-9H2. The van der Waals surface area contributed by atoms with E-state index in [9.17, 15) is 5.11 Å². The van der Waals surface area contributed by atoms with Crippen LogP contribution in [0.25, 0.3) is 0 Å². The number of nitrogens with zero attached hydrogens (tertiary/aromatic N) is 1. The molecule has 0 spiro atoms. The molecular formula is C13H23NO3. The summed E-state index contributed by atoms with van der Waals surface area (Å²) >= 11 is 0. The number of fused-ring (bicyclic) bond motifs is 1. The maximum atomic E-state index is 9.86. The molecule has 4 heteroatoms. The summed E-state index contributed by atoms with van der Waals surface area (Å²) in [6.07, 6.45) is 4.17. The molecule has 98 valence electrons. The fraction of sp³-hybridized carbons (Fsp3) is 1.00. The van der Waals surface area contributed by atoms with Crippen molar-refractivity contribution in [2.24, 2.45) is 11.8 Å². The smallest absolute Gasteiger partial charge is 0.158 e. The average molecular weight is 241 g/mol. The van der Waals surface area contributed by atoms with E-state index in [0.29, 0.717) is 5.92 Å². The molecule has 3 rings (SSSR count). The van der Waals surface area contributed by atoms with Crippen molar-refractivity contribution >= 4 is 0 Å². The molecule has 0 aromatic heterocycles. The van der Waals surface area contributed by atoms with Crippen LogP contribution in [0.3, 0.4) is 0 Å². The van der Waals surface area contributed by atoms with E-state index < -0.39 is 0 Å². The van der Waals surface area contributed by atoms with Gasteiger partial charge in [-0.2, -0.15) is 0 Å². The molecule has 0 aromatic carbocycles. The lowest BCUT2D eigenvalue weighted by Crippen LogP contribution is -2.31. The minimum absolute atomic E-state index is 0.00844. The molecule has 1 N–H and O–H groups in total. The van der Waals surface area contributed by atoms with Crippen molar-refractivity contribution in [2.45, 2.75) is 38.1 Å². The first-order valence-corrected chi connectivity index (χ1v) is 6.96. The Labute approximate surface area is 103 Å². The summed E-state index contributed by atoms with van der Waals surface area (Å²) < 4.78 is 11.1. The predicted octanol–water partition coefficient (Wildman–Crippen LogP) is 0.842. The number of likely N-dealkylation sites (tertiary alicyclic amines) is 1. The molecule has 2 aliphatic heterocycles. The summed E-state index contributed by atoms with van der Waals surface area (Å²) in [4.78, 5) is 2.47. The lowest BCUT2D eigenvalue weighted by Gasteiger charge is -2.25. The summed E-state index contributed by atoms with van der Waals surface area (Å²) in [6.45, 7) is 4.96. The first-order valence-electron chi connectivity index (χ1n) is 6.96. The SMILES string of the molecule is OC1CCC2CN(CCC3OCCCO3)CC12. The zero-order valence-electron chi connectivity index (χ0n) is 10.4. The van der Waals surface area contributed by atoms with Gasteiger partial charge in [0, 0.05) is 32.0 Å². The third-order valence-electron chi connectivity index (χ3n) is 4.47. The molecule has 0 radical (unpaired) electrons. The Morgan fingerprint density at radius 1 is 1.12 bits per heavy atom. The lowest BCUT2D eigenvalue weighted by molar-refractivity contribution is -0.182. The van der Waals surface area contributed by atoms with Gasteiger partial charge in [0.2, 0.25) is 0 Å². The van der Waals surface area contributed by atoms with Crippen LogP contribution in [0.15, 0.2) is 0 Å². The van der Waals surface area contributed by atoms with E-state index in [1.165, 1.54) is 6.42 Å². The highest BCUT2D eigenvalue weighted by Gasteiger charge is 2.41. The second-order valence-corrected chi connectivity index (χ2v) is 5.64. The minimum atomic E-state index is -0.0489. The van der Waals surface area contributed by atoms with Crippen LogP contribution in [0.4, 0.5) is 0 Å². The third kappa shape index (κ3) is 2.65. The highest BCUT2D eigenvalue weighted by Crippen LogP contribution is 2.38. The van der Waals surface area contributed by atoms with E-state index in [0.717, 1.165) is 58.0 Å². The molecule has 3 aliphatic rings. The third-order valence-corrected chi connectivity index (χ3v) is 4.47. The van der Waals surface area contributed by atoms with Crippen LogP contribution in [0.5, 0.6) is 0 Å². The molecule has 2 saturated heterocycles. The number of ether oxygens (including phenoxy) is 2. The zero-order valence-corrected chi connectivity index (χ0v) is 10.4. The van der Waals surface area contributed by atoms with Crippen LogP contribution >= 0.6 is 0 Å². The number of rotatable bonds is 3. The van der Waals surface area contributed by atoms with E-state index >= 15 is 0 Å². The molecule has 0 aromatic rings. The van der Waals surface area contributed by atoms with Crippen molar-refractivity contribution in [3.05, 3.63) is 0 Å². The Kier molecular flexibility index (Phi) is 3.66. The Morgan fingerprint density at radius 3 is 2.71 bits per heavy atom. The Balaban J connectivity index is 1.41. The lowest BCUT2D eigenvalue weighted by atomic mass is 10.00. The maximum Gasteiger partial charge on any atom is 0.158 e. The quantitative estimate of drug-likeness (QED) is 0.795. The van der Waals surface area contributed by atoms with E-state index in [4.69, 9.17) is 9.47 Å². The number of aliphatic hydroxyl groups is 1. The highest BCUT2D eigenvalue weighted by atomic mass is 16.7. The summed E-state index contributed by atoms with van der Waals surface area (Å²) in [5, 5.41) is 9.86. The van der Waals surface area contributed by atoms with Gasteiger partial charge in [0.1, 0.15) is 0 Å². The summed E-state index contributed by atoms with van der Waals surface area (Å²) in [5.74, 6) is 1.27. The van der Waals surface area contributed by atoms with Gasteiger partial charge in [-0.15, -0.1) is 0 Å². The summed E-state index contributed by atoms with van der Waals surface area (Å²) in [5.41, 5.74) is 0. The molecule has 2 heterocycles. The normalized spacial score (nSPS) is 39.7. The zero-order chi connectivity index (χ0) is 11.7. The predicted molar refractivity (Wildman–Crippen MR) is 63.6 cm³/mol. The Morgan fingerprint density at radius 2 is 1.94 bits per heavy atom. The van der Waals surface area contributed by atoms with Gasteiger partial charge in [-0.25, -0.2) is 0 Å². The highest BCUT2D eigenvalue weighted by molar-refractivity contribution is 4.93. The van der Waals surface area contributed by atoms with Gasteiger partial charge in [0.25, 0.3) is 0 Å². The molecule has 0 bridgehead atoms. The molecule has 1 aliphatic carbocycles. The van der Waals surface area contributed by atoms with Gasteiger partial charge < -0.3 is 19.5 Å². The van der Waals surface area contributed by atoms with E-state index in [1.807, 2.05) is 0 Å². The molecule has 3 fully saturated rings. The van der Waals surface area contributed by atoms with Crippen LogP contribution in [0.2, 0.25) is 0 Å². The van der Waals surface area contributed by atoms with Crippen molar-refractivity contribution in [3.63, 3.8) is 0 Å². The van der Waals surface area contributed by atoms with E-state index in [2.05, 4.69) is 4.90 Å². The van der Waals surface area contributed by atoms with Crippen LogP contribution in [0, 0.1) is 11.8 Å². The monoisotopic (exact) mass is 241 g/mol. The summed E-state index contributed by atoms with van der Waals surface area (Å²) in [6, 6.07) is 0. The summed E-state index contributed by atoms with van der Waals surface area (Å²) in [7, 11) is 0.